The van der Waals surface area contributed by atoms with Crippen molar-refractivity contribution in [3.05, 3.63) is 0 Å². The average Bonchev–Trinajstić information content (AvgIpc) is 1.97. The van der Waals surface area contributed by atoms with Crippen LogP contribution in [0.5, 0.6) is 0 Å². The van der Waals surface area contributed by atoms with Crippen molar-refractivity contribution in [3.8, 4) is 0 Å². The van der Waals surface area contributed by atoms with Gasteiger partial charge in [-0.15, -0.1) is 12.4 Å². The molecule has 0 heterocycles. The standard InChI is InChI=1S/C7H17N3O.ClH/c1-6(2)9-3-4-10-7(11)5-8;/h6,9H,3-5,8H2,1-2H3,(H,10,11);1H. The molecule has 0 bridgehead atoms. The van der Waals surface area contributed by atoms with E-state index < -0.39 is 0 Å². The number of nitrogens with one attached hydrogen (secondary N) is 2. The highest BCUT2D eigenvalue weighted by molar-refractivity contribution is 5.85. The van der Waals surface area contributed by atoms with Gasteiger partial charge in [0.05, 0.1) is 6.54 Å². The Bertz CT molecular complexity index is 119. The number of hydrogen-bond acceptors (Lipinski definition) is 3. The van der Waals surface area contributed by atoms with Crippen LogP contribution >= 0.6 is 12.4 Å². The number of nitrogens with two attached hydrogens (primary N) is 1. The fourth-order valence-corrected chi connectivity index (χ4v) is 0.635. The third kappa shape index (κ3) is 9.68. The predicted molar refractivity (Wildman–Crippen MR) is 52.5 cm³/mol. The third-order valence-corrected chi connectivity index (χ3v) is 1.19. The molecule has 12 heavy (non-hydrogen) atoms. The maximum atomic E-state index is 10.6. The first kappa shape index (κ1) is 14.2. The minimum Gasteiger partial charge on any atom is -0.354 e. The fraction of sp³-hybridized carbons (Fsp3) is 0.857. The van der Waals surface area contributed by atoms with Gasteiger partial charge in [0, 0.05) is 19.1 Å². The van der Waals surface area contributed by atoms with Crippen LogP contribution in [0.4, 0.5) is 0 Å². The molecular formula is C7H18ClN3O. The highest BCUT2D eigenvalue weighted by Crippen LogP contribution is 1.72. The Balaban J connectivity index is 0. The molecule has 0 aromatic carbocycles. The summed E-state index contributed by atoms with van der Waals surface area (Å²) in [6.07, 6.45) is 0. The predicted octanol–water partition coefficient (Wildman–Crippen LogP) is -0.519. The van der Waals surface area contributed by atoms with E-state index >= 15 is 0 Å². The van der Waals surface area contributed by atoms with Crippen LogP contribution < -0.4 is 16.4 Å². The molecule has 0 aliphatic carbocycles. The van der Waals surface area contributed by atoms with Gasteiger partial charge in [-0.25, -0.2) is 0 Å². The smallest absolute Gasteiger partial charge is 0.233 e. The lowest BCUT2D eigenvalue weighted by Gasteiger charge is -2.07. The van der Waals surface area contributed by atoms with Gasteiger partial charge >= 0.3 is 0 Å². The molecule has 0 rings (SSSR count). The average molecular weight is 196 g/mol. The van der Waals surface area contributed by atoms with Crippen molar-refractivity contribution < 1.29 is 4.79 Å². The SMILES string of the molecule is CC(C)NCCNC(=O)CN.Cl. The van der Waals surface area contributed by atoms with Gasteiger partial charge < -0.3 is 16.4 Å². The molecule has 0 radical (unpaired) electrons. The summed E-state index contributed by atoms with van der Waals surface area (Å²) in [6, 6.07) is 0.463. The van der Waals surface area contributed by atoms with Crippen molar-refractivity contribution in [3.63, 3.8) is 0 Å². The molecule has 5 heteroatoms. The van der Waals surface area contributed by atoms with E-state index in [-0.39, 0.29) is 24.9 Å². The maximum absolute atomic E-state index is 10.6. The molecule has 4 nitrogen and oxygen atoms in total. The number of carbonyl (C=O) groups excluding carboxylic acids is 1. The lowest BCUT2D eigenvalue weighted by Crippen LogP contribution is -2.37. The fourth-order valence-electron chi connectivity index (χ4n) is 0.635. The van der Waals surface area contributed by atoms with Crippen LogP contribution in [-0.4, -0.2) is 31.6 Å². The quantitative estimate of drug-likeness (QED) is 0.518. The van der Waals surface area contributed by atoms with Gasteiger partial charge in [-0.3, -0.25) is 4.79 Å². The van der Waals surface area contributed by atoms with Crippen molar-refractivity contribution in [2.75, 3.05) is 19.6 Å². The summed E-state index contributed by atoms with van der Waals surface area (Å²) in [7, 11) is 0. The van der Waals surface area contributed by atoms with Crippen molar-refractivity contribution >= 4 is 18.3 Å². The maximum Gasteiger partial charge on any atom is 0.233 e. The van der Waals surface area contributed by atoms with E-state index in [1.165, 1.54) is 0 Å². The number of amides is 1. The van der Waals surface area contributed by atoms with Gasteiger partial charge in [0.15, 0.2) is 0 Å². The molecule has 0 aromatic rings. The molecule has 0 saturated carbocycles. The van der Waals surface area contributed by atoms with Gasteiger partial charge in [0.25, 0.3) is 0 Å². The molecular weight excluding hydrogens is 178 g/mol. The lowest BCUT2D eigenvalue weighted by atomic mass is 10.4. The second kappa shape index (κ2) is 8.77. The van der Waals surface area contributed by atoms with Crippen molar-refractivity contribution in [1.82, 2.24) is 10.6 Å². The summed E-state index contributed by atoms with van der Waals surface area (Å²) in [6.45, 7) is 5.63. The van der Waals surface area contributed by atoms with Crippen molar-refractivity contribution in [2.24, 2.45) is 5.73 Å². The lowest BCUT2D eigenvalue weighted by molar-refractivity contribution is -0.119. The van der Waals surface area contributed by atoms with Gasteiger partial charge in [0.2, 0.25) is 5.91 Å². The minimum atomic E-state index is -0.101. The summed E-state index contributed by atoms with van der Waals surface area (Å²) in [5.74, 6) is -0.101. The summed E-state index contributed by atoms with van der Waals surface area (Å²) in [4.78, 5) is 10.6. The number of carbonyl (C=O) groups is 1. The Labute approximate surface area is 79.7 Å². The van der Waals surface area contributed by atoms with E-state index in [1.807, 2.05) is 0 Å². The molecule has 0 saturated heterocycles. The van der Waals surface area contributed by atoms with Gasteiger partial charge in [-0.1, -0.05) is 13.8 Å². The highest BCUT2D eigenvalue weighted by Gasteiger charge is 1.95. The van der Waals surface area contributed by atoms with Crippen LogP contribution in [0.2, 0.25) is 0 Å². The Morgan fingerprint density at radius 2 is 2.00 bits per heavy atom. The zero-order chi connectivity index (χ0) is 8.69. The number of halogens is 1. The Hall–Kier alpha value is -0.320. The molecule has 4 N–H and O–H groups in total. The first-order valence-corrected chi connectivity index (χ1v) is 3.87. The Kier molecular flexibility index (Phi) is 10.4. The molecule has 1 amide bonds. The zero-order valence-corrected chi connectivity index (χ0v) is 8.41. The molecule has 0 unspecified atom stereocenters. The van der Waals surface area contributed by atoms with Crippen molar-refractivity contribution in [2.45, 2.75) is 19.9 Å². The van der Waals surface area contributed by atoms with E-state index in [0.29, 0.717) is 12.6 Å². The van der Waals surface area contributed by atoms with E-state index in [9.17, 15) is 4.79 Å². The van der Waals surface area contributed by atoms with E-state index in [0.717, 1.165) is 6.54 Å². The van der Waals surface area contributed by atoms with Gasteiger partial charge in [-0.05, 0) is 0 Å². The summed E-state index contributed by atoms with van der Waals surface area (Å²) >= 11 is 0. The number of hydrogen-bond donors (Lipinski definition) is 3. The second-order valence-electron chi connectivity index (χ2n) is 2.66. The van der Waals surface area contributed by atoms with Crippen LogP contribution in [-0.2, 0) is 4.79 Å². The molecule has 0 spiro atoms. The van der Waals surface area contributed by atoms with E-state index in [1.54, 1.807) is 0 Å². The number of rotatable bonds is 5. The first-order valence-electron chi connectivity index (χ1n) is 3.87. The second-order valence-corrected chi connectivity index (χ2v) is 2.66. The molecule has 0 aromatic heterocycles. The van der Waals surface area contributed by atoms with E-state index in [2.05, 4.69) is 24.5 Å². The summed E-state index contributed by atoms with van der Waals surface area (Å²) < 4.78 is 0. The summed E-state index contributed by atoms with van der Waals surface area (Å²) in [5, 5.41) is 5.83. The van der Waals surface area contributed by atoms with Crippen LogP contribution in [0.3, 0.4) is 0 Å². The van der Waals surface area contributed by atoms with Gasteiger partial charge in [-0.2, -0.15) is 0 Å². The minimum absolute atomic E-state index is 0. The van der Waals surface area contributed by atoms with Crippen LogP contribution in [0.25, 0.3) is 0 Å². The Morgan fingerprint density at radius 1 is 1.42 bits per heavy atom. The molecule has 0 aliphatic heterocycles. The molecule has 74 valence electrons. The zero-order valence-electron chi connectivity index (χ0n) is 7.59. The Morgan fingerprint density at radius 3 is 2.42 bits per heavy atom. The first-order chi connectivity index (χ1) is 5.16. The highest BCUT2D eigenvalue weighted by atomic mass is 35.5. The summed E-state index contributed by atoms with van der Waals surface area (Å²) in [5.41, 5.74) is 5.08. The topological polar surface area (TPSA) is 67.1 Å². The monoisotopic (exact) mass is 195 g/mol. The molecule has 0 aliphatic rings. The molecule has 0 fully saturated rings. The molecule has 0 atom stereocenters. The van der Waals surface area contributed by atoms with Crippen LogP contribution in [0.1, 0.15) is 13.8 Å². The van der Waals surface area contributed by atoms with E-state index in [4.69, 9.17) is 5.73 Å². The van der Waals surface area contributed by atoms with Crippen LogP contribution in [0.15, 0.2) is 0 Å². The third-order valence-electron chi connectivity index (χ3n) is 1.19. The van der Waals surface area contributed by atoms with Crippen LogP contribution in [0, 0.1) is 0 Å². The normalized spacial score (nSPS) is 9.33. The largest absolute Gasteiger partial charge is 0.354 e. The van der Waals surface area contributed by atoms with Gasteiger partial charge in [0.1, 0.15) is 0 Å². The van der Waals surface area contributed by atoms with Crippen molar-refractivity contribution in [1.29, 1.82) is 0 Å².